The van der Waals surface area contributed by atoms with E-state index in [1.807, 2.05) is 34.6 Å². The van der Waals surface area contributed by atoms with Crippen molar-refractivity contribution < 1.29 is 14.3 Å². The first-order valence-electron chi connectivity index (χ1n) is 5.16. The van der Waals surface area contributed by atoms with Crippen LogP contribution in [0.2, 0.25) is 0 Å². The van der Waals surface area contributed by atoms with Gasteiger partial charge in [0.15, 0.2) is 6.29 Å². The molecule has 0 amide bonds. The number of Topliss-reactive ketones (excluding diaryl/α,β-unsaturated/α-hetero) is 1. The molecule has 0 radical (unpaired) electrons. The summed E-state index contributed by atoms with van der Waals surface area (Å²) in [6.45, 7) is 10.3. The molecule has 3 heteroatoms. The van der Waals surface area contributed by atoms with Crippen LogP contribution >= 0.6 is 0 Å². The van der Waals surface area contributed by atoms with Crippen LogP contribution in [0.4, 0.5) is 0 Å². The highest BCUT2D eigenvalue weighted by Gasteiger charge is 2.58. The van der Waals surface area contributed by atoms with E-state index in [1.54, 1.807) is 0 Å². The molecule has 1 rings (SSSR count). The zero-order valence-electron chi connectivity index (χ0n) is 9.72. The maximum atomic E-state index is 11.4. The van der Waals surface area contributed by atoms with Crippen molar-refractivity contribution in [1.29, 1.82) is 0 Å². The van der Waals surface area contributed by atoms with E-state index in [1.165, 1.54) is 0 Å². The Bertz CT molecular complexity index is 235. The second-order valence-electron chi connectivity index (χ2n) is 4.60. The van der Waals surface area contributed by atoms with E-state index in [0.717, 1.165) is 0 Å². The van der Waals surface area contributed by atoms with E-state index >= 15 is 0 Å². The highest BCUT2D eigenvalue weighted by molar-refractivity contribution is 5.93. The van der Waals surface area contributed by atoms with Crippen LogP contribution in [0.3, 0.4) is 0 Å². The largest absolute Gasteiger partial charge is 0.353 e. The van der Waals surface area contributed by atoms with Crippen LogP contribution in [-0.2, 0) is 14.3 Å². The van der Waals surface area contributed by atoms with E-state index in [0.29, 0.717) is 13.0 Å². The molecule has 0 aromatic rings. The zero-order valence-corrected chi connectivity index (χ0v) is 9.72. The standard InChI is InChI=1S/C11H20O3/c1-6-13-8(2)14-11(5)7-9(12)10(11,3)4/h8H,6-7H2,1-5H3. The minimum Gasteiger partial charge on any atom is -0.353 e. The van der Waals surface area contributed by atoms with Gasteiger partial charge < -0.3 is 9.47 Å². The average Bonchev–Trinajstić information content (AvgIpc) is 2.04. The van der Waals surface area contributed by atoms with Crippen LogP contribution in [0.5, 0.6) is 0 Å². The Labute approximate surface area is 85.8 Å². The Kier molecular flexibility index (Phi) is 3.02. The maximum absolute atomic E-state index is 11.4. The first-order valence-corrected chi connectivity index (χ1v) is 5.16. The fraction of sp³-hybridized carbons (Fsp3) is 0.909. The Balaban J connectivity index is 2.57. The van der Waals surface area contributed by atoms with Gasteiger partial charge in [-0.15, -0.1) is 0 Å². The third-order valence-electron chi connectivity index (χ3n) is 3.34. The zero-order chi connectivity index (χ0) is 11.0. The number of hydrogen-bond donors (Lipinski definition) is 0. The second-order valence-corrected chi connectivity index (χ2v) is 4.60. The monoisotopic (exact) mass is 200 g/mol. The van der Waals surface area contributed by atoms with Gasteiger partial charge in [-0.1, -0.05) is 13.8 Å². The Hall–Kier alpha value is -0.410. The topological polar surface area (TPSA) is 35.5 Å². The number of carbonyl (C=O) groups excluding carboxylic acids is 1. The summed E-state index contributed by atoms with van der Waals surface area (Å²) in [4.78, 5) is 11.4. The lowest BCUT2D eigenvalue weighted by molar-refractivity contribution is -0.249. The van der Waals surface area contributed by atoms with Crippen LogP contribution in [0.25, 0.3) is 0 Å². The van der Waals surface area contributed by atoms with E-state index < -0.39 is 0 Å². The molecule has 0 bridgehead atoms. The molecule has 0 aromatic carbocycles. The summed E-state index contributed by atoms with van der Waals surface area (Å²) in [5.41, 5.74) is -0.739. The predicted octanol–water partition coefficient (Wildman–Crippen LogP) is 2.14. The molecular formula is C11H20O3. The van der Waals surface area contributed by atoms with Crippen molar-refractivity contribution in [2.24, 2.45) is 5.41 Å². The maximum Gasteiger partial charge on any atom is 0.155 e. The quantitative estimate of drug-likeness (QED) is 0.652. The molecule has 1 aliphatic carbocycles. The van der Waals surface area contributed by atoms with Crippen molar-refractivity contribution in [2.45, 2.75) is 52.9 Å². The van der Waals surface area contributed by atoms with E-state index in [9.17, 15) is 4.79 Å². The summed E-state index contributed by atoms with van der Waals surface area (Å²) in [5.74, 6) is 0.267. The molecule has 2 atom stereocenters. The summed E-state index contributed by atoms with van der Waals surface area (Å²) in [7, 11) is 0. The molecule has 0 aliphatic heterocycles. The second kappa shape index (κ2) is 3.63. The SMILES string of the molecule is CCOC(C)OC1(C)CC(=O)C1(C)C. The fourth-order valence-corrected chi connectivity index (χ4v) is 1.76. The predicted molar refractivity (Wildman–Crippen MR) is 54.0 cm³/mol. The number of ether oxygens (including phenoxy) is 2. The Morgan fingerprint density at radius 2 is 2.00 bits per heavy atom. The Morgan fingerprint density at radius 1 is 1.43 bits per heavy atom. The summed E-state index contributed by atoms with van der Waals surface area (Å²) in [5, 5.41) is 0. The highest BCUT2D eigenvalue weighted by atomic mass is 16.7. The van der Waals surface area contributed by atoms with Gasteiger partial charge in [0.1, 0.15) is 5.78 Å². The minimum absolute atomic E-state index is 0.239. The third kappa shape index (κ3) is 1.71. The molecule has 1 aliphatic rings. The van der Waals surface area contributed by atoms with E-state index in [2.05, 4.69) is 0 Å². The number of ketones is 1. The molecule has 0 N–H and O–H groups in total. The molecule has 1 saturated carbocycles. The summed E-state index contributed by atoms with van der Waals surface area (Å²) in [6.07, 6.45) is 0.259. The van der Waals surface area contributed by atoms with Crippen LogP contribution < -0.4 is 0 Å². The molecule has 82 valence electrons. The molecule has 3 nitrogen and oxygen atoms in total. The summed E-state index contributed by atoms with van der Waals surface area (Å²) >= 11 is 0. The van der Waals surface area contributed by atoms with Crippen LogP contribution in [-0.4, -0.2) is 24.3 Å². The van der Waals surface area contributed by atoms with Gasteiger partial charge in [0, 0.05) is 13.0 Å². The van der Waals surface area contributed by atoms with Crippen molar-refractivity contribution in [3.63, 3.8) is 0 Å². The molecule has 0 heterocycles. The van der Waals surface area contributed by atoms with Crippen LogP contribution in [0.15, 0.2) is 0 Å². The van der Waals surface area contributed by atoms with Gasteiger partial charge >= 0.3 is 0 Å². The molecule has 2 unspecified atom stereocenters. The summed E-state index contributed by atoms with van der Waals surface area (Å²) in [6, 6.07) is 0. The van der Waals surface area contributed by atoms with Crippen molar-refractivity contribution in [2.75, 3.05) is 6.61 Å². The van der Waals surface area contributed by atoms with Gasteiger partial charge in [-0.25, -0.2) is 0 Å². The molecule has 14 heavy (non-hydrogen) atoms. The van der Waals surface area contributed by atoms with Gasteiger partial charge in [0.05, 0.1) is 11.0 Å². The van der Waals surface area contributed by atoms with Gasteiger partial charge in [0.2, 0.25) is 0 Å². The smallest absolute Gasteiger partial charge is 0.155 e. The lowest BCUT2D eigenvalue weighted by Gasteiger charge is -2.52. The van der Waals surface area contributed by atoms with Crippen molar-refractivity contribution >= 4 is 5.78 Å². The first-order chi connectivity index (χ1) is 6.33. The fourth-order valence-electron chi connectivity index (χ4n) is 1.76. The van der Waals surface area contributed by atoms with Gasteiger partial charge in [0.25, 0.3) is 0 Å². The first kappa shape index (κ1) is 11.7. The Morgan fingerprint density at radius 3 is 2.36 bits per heavy atom. The molecular weight excluding hydrogens is 180 g/mol. The molecule has 0 spiro atoms. The van der Waals surface area contributed by atoms with Crippen LogP contribution in [0, 0.1) is 5.41 Å². The normalized spacial score (nSPS) is 32.5. The molecule has 0 saturated heterocycles. The van der Waals surface area contributed by atoms with Crippen molar-refractivity contribution in [3.8, 4) is 0 Å². The molecule has 0 aromatic heterocycles. The van der Waals surface area contributed by atoms with Crippen molar-refractivity contribution in [1.82, 2.24) is 0 Å². The minimum atomic E-state index is -0.377. The number of carbonyl (C=O) groups is 1. The van der Waals surface area contributed by atoms with Gasteiger partial charge in [-0.2, -0.15) is 0 Å². The summed E-state index contributed by atoms with van der Waals surface area (Å²) < 4.78 is 11.1. The average molecular weight is 200 g/mol. The van der Waals surface area contributed by atoms with E-state index in [4.69, 9.17) is 9.47 Å². The third-order valence-corrected chi connectivity index (χ3v) is 3.34. The highest BCUT2D eigenvalue weighted by Crippen LogP contribution is 2.49. The van der Waals surface area contributed by atoms with Crippen molar-refractivity contribution in [3.05, 3.63) is 0 Å². The van der Waals surface area contributed by atoms with E-state index in [-0.39, 0.29) is 23.1 Å². The molecule has 1 fully saturated rings. The lowest BCUT2D eigenvalue weighted by Crippen LogP contribution is -2.62. The van der Waals surface area contributed by atoms with Gasteiger partial charge in [-0.05, 0) is 20.8 Å². The lowest BCUT2D eigenvalue weighted by atomic mass is 9.58. The number of hydrogen-bond acceptors (Lipinski definition) is 3. The van der Waals surface area contributed by atoms with Crippen LogP contribution in [0.1, 0.15) is 41.0 Å². The number of rotatable bonds is 4. The van der Waals surface area contributed by atoms with Gasteiger partial charge in [-0.3, -0.25) is 4.79 Å².